The smallest absolute Gasteiger partial charge is 0.141 e. The maximum atomic E-state index is 5.46. The molecule has 0 bridgehead atoms. The monoisotopic (exact) mass is 248 g/mol. The number of aromatic nitrogens is 5. The predicted octanol–water partition coefficient (Wildman–Crippen LogP) is 0.490. The number of nitrogens with zero attached hydrogens (tertiary/aromatic N) is 4. The van der Waals surface area contributed by atoms with Gasteiger partial charge in [-0.3, -0.25) is 15.1 Å². The van der Waals surface area contributed by atoms with Gasteiger partial charge in [-0.15, -0.1) is 0 Å². The number of ether oxygens (including phenoxy) is 1. The Kier molecular flexibility index (Phi) is 3.07. The van der Waals surface area contributed by atoms with Crippen LogP contribution in [-0.4, -0.2) is 50.0 Å². The van der Waals surface area contributed by atoms with Crippen LogP contribution in [0.1, 0.15) is 24.0 Å². The van der Waals surface area contributed by atoms with Crippen molar-refractivity contribution >= 4 is 0 Å². The van der Waals surface area contributed by atoms with E-state index in [1.165, 1.54) is 0 Å². The summed E-state index contributed by atoms with van der Waals surface area (Å²) < 4.78 is 5.46. The maximum Gasteiger partial charge on any atom is 0.141 e. The number of likely N-dealkylation sites (tertiary alicyclic amines) is 1. The Morgan fingerprint density at radius 1 is 1.44 bits per heavy atom. The lowest BCUT2D eigenvalue weighted by atomic mass is 10.2. The van der Waals surface area contributed by atoms with Gasteiger partial charge in [-0.2, -0.15) is 10.2 Å². The number of hydrogen-bond acceptors (Lipinski definition) is 5. The molecule has 0 unspecified atom stereocenters. The minimum absolute atomic E-state index is 0.223. The molecule has 1 saturated heterocycles. The molecule has 7 nitrogen and oxygen atoms in total. The van der Waals surface area contributed by atoms with Gasteiger partial charge in [0.1, 0.15) is 12.2 Å². The summed E-state index contributed by atoms with van der Waals surface area (Å²) in [6.45, 7) is 1.70. The second kappa shape index (κ2) is 4.87. The summed E-state index contributed by atoms with van der Waals surface area (Å²) in [5.74, 6) is 0.897. The van der Waals surface area contributed by atoms with E-state index < -0.39 is 0 Å². The highest BCUT2D eigenvalue weighted by Crippen LogP contribution is 2.32. The van der Waals surface area contributed by atoms with E-state index in [9.17, 15) is 0 Å². The molecular formula is C11H16N6O. The molecule has 2 aromatic rings. The third-order valence-electron chi connectivity index (χ3n) is 3.38. The van der Waals surface area contributed by atoms with Crippen LogP contribution in [0.5, 0.6) is 0 Å². The van der Waals surface area contributed by atoms with Crippen molar-refractivity contribution in [1.82, 2.24) is 30.3 Å². The largest absolute Gasteiger partial charge is 0.380 e. The summed E-state index contributed by atoms with van der Waals surface area (Å²) in [7, 11) is 1.75. The van der Waals surface area contributed by atoms with Crippen LogP contribution in [0.2, 0.25) is 0 Å². The zero-order valence-corrected chi connectivity index (χ0v) is 10.2. The molecule has 0 saturated carbocycles. The van der Waals surface area contributed by atoms with Crippen LogP contribution in [-0.2, 0) is 11.3 Å². The summed E-state index contributed by atoms with van der Waals surface area (Å²) in [4.78, 5) is 6.58. The third-order valence-corrected chi connectivity index (χ3v) is 3.38. The third kappa shape index (κ3) is 2.14. The number of H-pyrrole nitrogens is 2. The van der Waals surface area contributed by atoms with Gasteiger partial charge in [-0.25, -0.2) is 4.98 Å². The molecular weight excluding hydrogens is 232 g/mol. The molecule has 1 aliphatic rings. The van der Waals surface area contributed by atoms with Crippen LogP contribution in [0.15, 0.2) is 18.6 Å². The molecule has 0 amide bonds. The van der Waals surface area contributed by atoms with Crippen molar-refractivity contribution in [2.75, 3.05) is 13.7 Å². The van der Waals surface area contributed by atoms with Crippen molar-refractivity contribution in [3.05, 3.63) is 30.1 Å². The van der Waals surface area contributed by atoms with Gasteiger partial charge in [-0.05, 0) is 12.5 Å². The molecule has 2 atom stereocenters. The van der Waals surface area contributed by atoms with E-state index in [1.54, 1.807) is 19.6 Å². The SMILES string of the molecule is CO[C@@H]1C[C@@H](c2ncn[nH]2)N(Cc2ccn[nH]2)C1. The van der Waals surface area contributed by atoms with E-state index in [-0.39, 0.29) is 12.1 Å². The lowest BCUT2D eigenvalue weighted by Gasteiger charge is -2.21. The molecule has 96 valence electrons. The van der Waals surface area contributed by atoms with E-state index in [0.29, 0.717) is 0 Å². The van der Waals surface area contributed by atoms with Crippen molar-refractivity contribution in [3.8, 4) is 0 Å². The number of rotatable bonds is 4. The van der Waals surface area contributed by atoms with Gasteiger partial charge in [0.25, 0.3) is 0 Å². The normalized spacial score (nSPS) is 24.7. The molecule has 2 N–H and O–H groups in total. The summed E-state index contributed by atoms with van der Waals surface area (Å²) in [6, 6.07) is 2.21. The maximum absolute atomic E-state index is 5.46. The molecule has 0 aliphatic carbocycles. The topological polar surface area (TPSA) is 82.7 Å². The average molecular weight is 248 g/mol. The molecule has 2 aromatic heterocycles. The van der Waals surface area contributed by atoms with Gasteiger partial charge in [0.15, 0.2) is 0 Å². The van der Waals surface area contributed by atoms with E-state index >= 15 is 0 Å². The summed E-state index contributed by atoms with van der Waals surface area (Å²) >= 11 is 0. The van der Waals surface area contributed by atoms with Crippen LogP contribution in [0.4, 0.5) is 0 Å². The molecule has 18 heavy (non-hydrogen) atoms. The predicted molar refractivity (Wildman–Crippen MR) is 63.5 cm³/mol. The zero-order valence-electron chi connectivity index (χ0n) is 10.2. The first kappa shape index (κ1) is 11.4. The Labute approximate surface area is 105 Å². The number of aromatic amines is 2. The average Bonchev–Trinajstić information content (AvgIpc) is 3.10. The van der Waals surface area contributed by atoms with E-state index in [0.717, 1.165) is 31.0 Å². The van der Waals surface area contributed by atoms with Crippen LogP contribution < -0.4 is 0 Å². The van der Waals surface area contributed by atoms with E-state index in [2.05, 4.69) is 30.3 Å². The molecule has 1 fully saturated rings. The molecule has 1 aliphatic heterocycles. The Hall–Kier alpha value is -1.73. The highest BCUT2D eigenvalue weighted by atomic mass is 16.5. The number of methoxy groups -OCH3 is 1. The Bertz CT molecular complexity index is 468. The number of nitrogens with one attached hydrogen (secondary N) is 2. The molecule has 3 rings (SSSR count). The second-order valence-electron chi connectivity index (χ2n) is 4.49. The summed E-state index contributed by atoms with van der Waals surface area (Å²) in [5, 5.41) is 13.8. The van der Waals surface area contributed by atoms with Crippen molar-refractivity contribution in [3.63, 3.8) is 0 Å². The molecule has 0 radical (unpaired) electrons. The van der Waals surface area contributed by atoms with E-state index in [1.807, 2.05) is 6.07 Å². The van der Waals surface area contributed by atoms with Crippen LogP contribution in [0.3, 0.4) is 0 Å². The summed E-state index contributed by atoms with van der Waals surface area (Å²) in [5.41, 5.74) is 1.09. The molecule has 7 heteroatoms. The fourth-order valence-electron chi connectivity index (χ4n) is 2.46. The van der Waals surface area contributed by atoms with Gasteiger partial charge in [0.2, 0.25) is 0 Å². The van der Waals surface area contributed by atoms with Gasteiger partial charge in [0.05, 0.1) is 12.1 Å². The Morgan fingerprint density at radius 3 is 3.06 bits per heavy atom. The van der Waals surface area contributed by atoms with Gasteiger partial charge in [-0.1, -0.05) is 0 Å². The van der Waals surface area contributed by atoms with Crippen LogP contribution in [0, 0.1) is 0 Å². The van der Waals surface area contributed by atoms with Crippen molar-refractivity contribution in [2.45, 2.75) is 25.1 Å². The van der Waals surface area contributed by atoms with Crippen LogP contribution >= 0.6 is 0 Å². The first-order valence-electron chi connectivity index (χ1n) is 5.97. The Balaban J connectivity index is 1.77. The Morgan fingerprint density at radius 2 is 2.39 bits per heavy atom. The van der Waals surface area contributed by atoms with Gasteiger partial charge >= 0.3 is 0 Å². The zero-order chi connectivity index (χ0) is 12.4. The van der Waals surface area contributed by atoms with Crippen molar-refractivity contribution < 1.29 is 4.74 Å². The minimum Gasteiger partial charge on any atom is -0.380 e. The van der Waals surface area contributed by atoms with E-state index in [4.69, 9.17) is 4.74 Å². The highest BCUT2D eigenvalue weighted by Gasteiger charge is 2.34. The highest BCUT2D eigenvalue weighted by molar-refractivity contribution is 5.04. The quantitative estimate of drug-likeness (QED) is 0.822. The first-order valence-corrected chi connectivity index (χ1v) is 5.97. The van der Waals surface area contributed by atoms with Crippen molar-refractivity contribution in [1.29, 1.82) is 0 Å². The lowest BCUT2D eigenvalue weighted by Crippen LogP contribution is -2.25. The fraction of sp³-hybridized carbons (Fsp3) is 0.545. The van der Waals surface area contributed by atoms with Crippen LogP contribution in [0.25, 0.3) is 0 Å². The lowest BCUT2D eigenvalue weighted by molar-refractivity contribution is 0.107. The first-order chi connectivity index (χ1) is 8.86. The second-order valence-corrected chi connectivity index (χ2v) is 4.49. The number of hydrogen-bond donors (Lipinski definition) is 2. The standard InChI is InChI=1S/C11H16N6O/c1-18-9-4-10(11-12-7-14-16-11)17(6-9)5-8-2-3-13-15-8/h2-3,7,9-10H,4-6H2,1H3,(H,13,15)(H,12,14,16)/t9-,10+/m1/s1. The minimum atomic E-state index is 0.223. The summed E-state index contributed by atoms with van der Waals surface area (Å²) in [6.07, 6.45) is 4.48. The molecule has 0 aromatic carbocycles. The van der Waals surface area contributed by atoms with Gasteiger partial charge in [0, 0.05) is 32.1 Å². The fourth-order valence-corrected chi connectivity index (χ4v) is 2.46. The molecule has 3 heterocycles. The molecule has 0 spiro atoms. The van der Waals surface area contributed by atoms with Gasteiger partial charge < -0.3 is 4.74 Å². The van der Waals surface area contributed by atoms with Crippen molar-refractivity contribution in [2.24, 2.45) is 0 Å².